The molecule has 3 aliphatic rings. The van der Waals surface area contributed by atoms with Crippen LogP contribution >= 0.6 is 11.8 Å². The van der Waals surface area contributed by atoms with Gasteiger partial charge in [0.2, 0.25) is 5.91 Å². The first-order chi connectivity index (χ1) is 14.9. The molecule has 3 aliphatic heterocycles. The predicted octanol–water partition coefficient (Wildman–Crippen LogP) is 0.994. The molecule has 3 heterocycles. The summed E-state index contributed by atoms with van der Waals surface area (Å²) >= 11 is 1.77. The summed E-state index contributed by atoms with van der Waals surface area (Å²) in [7, 11) is 0. The molecule has 0 radical (unpaired) electrons. The molecule has 3 rings (SSSR count). The van der Waals surface area contributed by atoms with Crippen LogP contribution in [0.1, 0.15) is 64.7 Å². The van der Waals surface area contributed by atoms with E-state index in [4.69, 9.17) is 4.84 Å². The van der Waals surface area contributed by atoms with Crippen molar-refractivity contribution in [1.82, 2.24) is 21.0 Å². The van der Waals surface area contributed by atoms with Gasteiger partial charge >= 0.3 is 12.0 Å². The first-order valence-corrected chi connectivity index (χ1v) is 12.0. The van der Waals surface area contributed by atoms with E-state index in [0.717, 1.165) is 31.4 Å². The molecule has 3 fully saturated rings. The molecule has 0 aromatic carbocycles. The molecule has 0 spiro atoms. The maximum absolute atomic E-state index is 12.7. The number of thioether (sulfide) groups is 1. The van der Waals surface area contributed by atoms with Crippen LogP contribution in [0.4, 0.5) is 4.79 Å². The van der Waals surface area contributed by atoms with Crippen molar-refractivity contribution < 1.29 is 28.8 Å². The van der Waals surface area contributed by atoms with Crippen molar-refractivity contribution in [3.63, 3.8) is 0 Å². The van der Waals surface area contributed by atoms with Crippen LogP contribution in [0.25, 0.3) is 0 Å². The van der Waals surface area contributed by atoms with Gasteiger partial charge in [0.05, 0.1) is 12.1 Å². The lowest BCUT2D eigenvalue weighted by atomic mass is 10.0. The summed E-state index contributed by atoms with van der Waals surface area (Å²) < 4.78 is 0. The van der Waals surface area contributed by atoms with Crippen molar-refractivity contribution in [1.29, 1.82) is 0 Å². The highest BCUT2D eigenvalue weighted by Gasteiger charge is 2.43. The van der Waals surface area contributed by atoms with E-state index >= 15 is 0 Å². The van der Waals surface area contributed by atoms with Crippen molar-refractivity contribution in [3.8, 4) is 0 Å². The monoisotopic (exact) mass is 454 g/mol. The SMILES string of the molecule is CCCCCC(=O)NC(CCC[C@@H]1SC[C@@H]2NC(=O)N[C@@H]21)C(=O)ON1C(=O)CCC1=O. The first kappa shape index (κ1) is 23.4. The third-order valence-electron chi connectivity index (χ3n) is 5.73. The molecule has 10 nitrogen and oxygen atoms in total. The quantitative estimate of drug-likeness (QED) is 0.241. The fourth-order valence-corrected chi connectivity index (χ4v) is 5.57. The lowest BCUT2D eigenvalue weighted by molar-refractivity contribution is -0.199. The second-order valence-corrected chi connectivity index (χ2v) is 9.39. The number of fused-ring (bicyclic) bond motifs is 1. The maximum atomic E-state index is 12.7. The van der Waals surface area contributed by atoms with E-state index in [-0.39, 0.29) is 42.1 Å². The zero-order valence-electron chi connectivity index (χ0n) is 17.7. The van der Waals surface area contributed by atoms with Crippen LogP contribution in [0.2, 0.25) is 0 Å². The third kappa shape index (κ3) is 6.11. The van der Waals surface area contributed by atoms with Crippen LogP contribution in [-0.2, 0) is 24.0 Å². The number of carbonyl (C=O) groups is 5. The minimum absolute atomic E-state index is 0.0152. The van der Waals surface area contributed by atoms with Crippen molar-refractivity contribution >= 4 is 41.5 Å². The average Bonchev–Trinajstić information content (AvgIpc) is 3.37. The lowest BCUT2D eigenvalue weighted by Crippen LogP contribution is -2.45. The summed E-state index contributed by atoms with van der Waals surface area (Å²) in [6.45, 7) is 2.04. The third-order valence-corrected chi connectivity index (χ3v) is 7.24. The van der Waals surface area contributed by atoms with Gasteiger partial charge in [0.15, 0.2) is 0 Å². The number of hydroxylamine groups is 2. The number of urea groups is 1. The smallest absolute Gasteiger partial charge is 0.343 e. The van der Waals surface area contributed by atoms with Crippen molar-refractivity contribution in [2.24, 2.45) is 0 Å². The molecular weight excluding hydrogens is 424 g/mol. The summed E-state index contributed by atoms with van der Waals surface area (Å²) in [5.74, 6) is -1.32. The molecule has 172 valence electrons. The maximum Gasteiger partial charge on any atom is 0.355 e. The summed E-state index contributed by atoms with van der Waals surface area (Å²) in [5.41, 5.74) is 0. The number of hydrogen-bond donors (Lipinski definition) is 3. The highest BCUT2D eigenvalue weighted by molar-refractivity contribution is 8.00. The fraction of sp³-hybridized carbons (Fsp3) is 0.750. The molecule has 4 atom stereocenters. The Balaban J connectivity index is 1.53. The van der Waals surface area contributed by atoms with Crippen LogP contribution in [0.5, 0.6) is 0 Å². The van der Waals surface area contributed by atoms with Gasteiger partial charge in [-0.25, -0.2) is 9.59 Å². The molecule has 11 heteroatoms. The average molecular weight is 455 g/mol. The van der Waals surface area contributed by atoms with E-state index in [2.05, 4.69) is 16.0 Å². The predicted molar refractivity (Wildman–Crippen MR) is 113 cm³/mol. The molecule has 3 saturated heterocycles. The Bertz CT molecular complexity index is 716. The number of amides is 5. The van der Waals surface area contributed by atoms with Crippen LogP contribution in [-0.4, -0.2) is 63.9 Å². The zero-order chi connectivity index (χ0) is 22.4. The van der Waals surface area contributed by atoms with Crippen LogP contribution < -0.4 is 16.0 Å². The number of carbonyl (C=O) groups excluding carboxylic acids is 5. The van der Waals surface area contributed by atoms with Crippen molar-refractivity contribution in [3.05, 3.63) is 0 Å². The molecule has 1 unspecified atom stereocenters. The Kier molecular flexibility index (Phi) is 8.16. The highest BCUT2D eigenvalue weighted by Crippen LogP contribution is 2.33. The minimum Gasteiger partial charge on any atom is -0.343 e. The van der Waals surface area contributed by atoms with Gasteiger partial charge in [-0.3, -0.25) is 14.4 Å². The van der Waals surface area contributed by atoms with Gasteiger partial charge < -0.3 is 20.8 Å². The largest absolute Gasteiger partial charge is 0.355 e. The molecule has 31 heavy (non-hydrogen) atoms. The molecule has 0 aromatic heterocycles. The second kappa shape index (κ2) is 10.8. The molecule has 5 amide bonds. The summed E-state index contributed by atoms with van der Waals surface area (Å²) in [6.07, 6.45) is 4.65. The normalized spacial score (nSPS) is 25.8. The van der Waals surface area contributed by atoms with Gasteiger partial charge in [0.25, 0.3) is 11.8 Å². The van der Waals surface area contributed by atoms with Crippen molar-refractivity contribution in [2.45, 2.75) is 88.1 Å². The van der Waals surface area contributed by atoms with E-state index in [1.54, 1.807) is 11.8 Å². The molecular formula is C20H30N4O6S. The van der Waals surface area contributed by atoms with E-state index in [1.165, 1.54) is 0 Å². The van der Waals surface area contributed by atoms with E-state index in [1.807, 2.05) is 6.92 Å². The summed E-state index contributed by atoms with van der Waals surface area (Å²) in [4.78, 5) is 65.0. The summed E-state index contributed by atoms with van der Waals surface area (Å²) in [5, 5.41) is 9.26. The summed E-state index contributed by atoms with van der Waals surface area (Å²) in [6, 6.07) is -0.907. The Labute approximate surface area is 185 Å². The topological polar surface area (TPSA) is 134 Å². The number of rotatable bonds is 11. The number of nitrogens with zero attached hydrogens (tertiary/aromatic N) is 1. The van der Waals surface area contributed by atoms with Gasteiger partial charge in [-0.05, 0) is 25.7 Å². The molecule has 3 N–H and O–H groups in total. The van der Waals surface area contributed by atoms with Crippen LogP contribution in [0.3, 0.4) is 0 Å². The Hall–Kier alpha value is -2.30. The number of imide groups is 1. The molecule has 0 saturated carbocycles. The van der Waals surface area contributed by atoms with Gasteiger partial charge in [-0.15, -0.1) is 5.06 Å². The van der Waals surface area contributed by atoms with Gasteiger partial charge in [-0.1, -0.05) is 19.8 Å². The Morgan fingerprint density at radius 1 is 1.16 bits per heavy atom. The zero-order valence-corrected chi connectivity index (χ0v) is 18.5. The number of hydrogen-bond acceptors (Lipinski definition) is 7. The van der Waals surface area contributed by atoms with E-state index in [9.17, 15) is 24.0 Å². The first-order valence-electron chi connectivity index (χ1n) is 10.9. The van der Waals surface area contributed by atoms with Gasteiger partial charge in [0, 0.05) is 30.3 Å². The molecule has 0 aromatic rings. The van der Waals surface area contributed by atoms with Crippen LogP contribution in [0, 0.1) is 0 Å². The van der Waals surface area contributed by atoms with E-state index in [0.29, 0.717) is 24.3 Å². The fourth-order valence-electron chi connectivity index (χ4n) is 4.03. The highest BCUT2D eigenvalue weighted by atomic mass is 32.2. The van der Waals surface area contributed by atoms with Gasteiger partial charge in [0.1, 0.15) is 6.04 Å². The van der Waals surface area contributed by atoms with E-state index < -0.39 is 23.8 Å². The standard InChI is InChI=1S/C20H30N4O6S/c1-2-3-4-8-15(25)21-12(19(28)30-24-16(26)9-10-17(24)27)6-5-7-14-18-13(11-31-14)22-20(29)23-18/h12-14,18H,2-11H2,1H3,(H,21,25)(H2,22,23,29)/t12?,13-,14-,18-/m0/s1. The second-order valence-electron chi connectivity index (χ2n) is 8.12. The van der Waals surface area contributed by atoms with Gasteiger partial charge in [-0.2, -0.15) is 11.8 Å². The van der Waals surface area contributed by atoms with Crippen LogP contribution in [0.15, 0.2) is 0 Å². The lowest BCUT2D eigenvalue weighted by Gasteiger charge is -2.21. The Morgan fingerprint density at radius 2 is 1.90 bits per heavy atom. The Morgan fingerprint density at radius 3 is 2.61 bits per heavy atom. The van der Waals surface area contributed by atoms with Crippen molar-refractivity contribution in [2.75, 3.05) is 5.75 Å². The number of unbranched alkanes of at least 4 members (excludes halogenated alkanes) is 2. The number of nitrogens with one attached hydrogen (secondary N) is 3. The molecule has 0 aliphatic carbocycles. The molecule has 0 bridgehead atoms. The minimum atomic E-state index is -0.936.